The molecular weight excluding hydrogens is 533 g/mol. The molecule has 7 heteroatoms. The Morgan fingerprint density at radius 2 is 1.39 bits per heavy atom. The SMILES string of the molecule is CCCC[N+]1=CC=[N+](CCC(=O)O)C1=C1c2ccc(N3CCC3)c[c]2[Ge]([CH3])([CH3])[c]2cc(N3CCC3)ccc21. The summed E-state index contributed by atoms with van der Waals surface area (Å²) in [5.74, 6) is 5.51. The van der Waals surface area contributed by atoms with Crippen LogP contribution < -0.4 is 18.6 Å². The zero-order valence-electron chi connectivity index (χ0n) is 23.0. The molecule has 2 aromatic rings. The first-order valence-electron chi connectivity index (χ1n) is 14.4. The first-order chi connectivity index (χ1) is 18.4. The van der Waals surface area contributed by atoms with Crippen LogP contribution in [-0.2, 0) is 4.79 Å². The Balaban J connectivity index is 1.58. The fourth-order valence-corrected chi connectivity index (χ4v) is 12.7. The summed E-state index contributed by atoms with van der Waals surface area (Å²) in [5.41, 5.74) is 6.69. The van der Waals surface area contributed by atoms with E-state index in [9.17, 15) is 9.90 Å². The van der Waals surface area contributed by atoms with Crippen molar-refractivity contribution >= 4 is 57.4 Å². The molecule has 1 N–H and O–H groups in total. The summed E-state index contributed by atoms with van der Waals surface area (Å²) in [7, 11) is 0. The average molecular weight is 573 g/mol. The zero-order chi connectivity index (χ0) is 26.4. The van der Waals surface area contributed by atoms with E-state index in [4.69, 9.17) is 0 Å². The Morgan fingerprint density at radius 1 is 0.868 bits per heavy atom. The number of hydrogen-bond acceptors (Lipinski definition) is 3. The Kier molecular flexibility index (Phi) is 6.71. The molecule has 0 aliphatic carbocycles. The molecule has 0 atom stereocenters. The minimum absolute atomic E-state index is 0.119. The predicted molar refractivity (Wildman–Crippen MR) is 159 cm³/mol. The Hall–Kier alpha value is -2.87. The number of carboxylic acids is 1. The van der Waals surface area contributed by atoms with Gasteiger partial charge in [-0.15, -0.1) is 0 Å². The standard InChI is InChI=1S/C31H39GeN4O2/c1-4-5-13-35-19-20-36(18-12-29(37)38)31(35)30-25-10-8-23(33-14-6-15-33)21-27(25)32(2,3)28-22-24(9-11-26(28)30)34-16-7-17-34/h8-11,19-22H,4-7,12-18H2,1-3H3/q+1/p+1. The molecule has 2 aromatic carbocycles. The summed E-state index contributed by atoms with van der Waals surface area (Å²) in [6, 6.07) is 14.4. The van der Waals surface area contributed by atoms with Gasteiger partial charge in [-0.3, -0.25) is 0 Å². The van der Waals surface area contributed by atoms with E-state index in [1.165, 1.54) is 40.9 Å². The predicted octanol–water partition coefficient (Wildman–Crippen LogP) is 3.41. The molecule has 2 fully saturated rings. The van der Waals surface area contributed by atoms with E-state index >= 15 is 0 Å². The summed E-state index contributed by atoms with van der Waals surface area (Å²) in [5, 5.41) is 9.50. The van der Waals surface area contributed by atoms with Crippen molar-refractivity contribution in [3.63, 3.8) is 0 Å². The topological polar surface area (TPSA) is 49.8 Å². The molecule has 0 radical (unpaired) electrons. The Labute approximate surface area is 228 Å². The van der Waals surface area contributed by atoms with Crippen LogP contribution in [0.1, 0.15) is 50.2 Å². The van der Waals surface area contributed by atoms with Gasteiger partial charge in [0.15, 0.2) is 0 Å². The van der Waals surface area contributed by atoms with E-state index in [1.807, 2.05) is 0 Å². The van der Waals surface area contributed by atoms with E-state index in [-0.39, 0.29) is 6.42 Å². The molecule has 4 aliphatic rings. The van der Waals surface area contributed by atoms with Gasteiger partial charge in [-0.1, -0.05) is 0 Å². The maximum atomic E-state index is 11.6. The first-order valence-corrected chi connectivity index (χ1v) is 20.7. The number of aliphatic carboxylic acids is 1. The van der Waals surface area contributed by atoms with Gasteiger partial charge < -0.3 is 0 Å². The van der Waals surface area contributed by atoms with E-state index < -0.39 is 19.2 Å². The van der Waals surface area contributed by atoms with Crippen molar-refractivity contribution in [3.8, 4) is 0 Å². The third-order valence-corrected chi connectivity index (χ3v) is 16.2. The number of fused-ring (bicyclic) bond motifs is 2. The molecule has 0 saturated carbocycles. The van der Waals surface area contributed by atoms with Crippen LogP contribution >= 0.6 is 0 Å². The van der Waals surface area contributed by atoms with Crippen LogP contribution in [0.25, 0.3) is 5.57 Å². The van der Waals surface area contributed by atoms with Crippen molar-refractivity contribution in [2.24, 2.45) is 0 Å². The third-order valence-electron chi connectivity index (χ3n) is 8.85. The van der Waals surface area contributed by atoms with Crippen molar-refractivity contribution in [1.29, 1.82) is 0 Å². The van der Waals surface area contributed by atoms with Crippen LogP contribution in [0.5, 0.6) is 0 Å². The van der Waals surface area contributed by atoms with E-state index in [0.717, 1.165) is 51.4 Å². The summed E-state index contributed by atoms with van der Waals surface area (Å²) in [6.07, 6.45) is 9.13. The number of nitrogens with zero attached hydrogens (tertiary/aromatic N) is 4. The van der Waals surface area contributed by atoms with Gasteiger partial charge in [0, 0.05) is 0 Å². The van der Waals surface area contributed by atoms with Crippen molar-refractivity contribution in [1.82, 2.24) is 0 Å². The van der Waals surface area contributed by atoms with E-state index in [0.29, 0.717) is 6.54 Å². The molecule has 0 unspecified atom stereocenters. The van der Waals surface area contributed by atoms with Gasteiger partial charge in [0.1, 0.15) is 0 Å². The number of carbonyl (C=O) groups is 1. The minimum atomic E-state index is -2.65. The van der Waals surface area contributed by atoms with Crippen LogP contribution in [0, 0.1) is 0 Å². The normalized spacial score (nSPS) is 19.3. The zero-order valence-corrected chi connectivity index (χ0v) is 25.1. The van der Waals surface area contributed by atoms with E-state index in [1.54, 1.807) is 8.79 Å². The van der Waals surface area contributed by atoms with Gasteiger partial charge in [0.05, 0.1) is 0 Å². The van der Waals surface area contributed by atoms with Crippen molar-refractivity contribution < 1.29 is 19.1 Å². The summed E-state index contributed by atoms with van der Waals surface area (Å²) in [4.78, 5) is 16.6. The van der Waals surface area contributed by atoms with Crippen LogP contribution in [0.15, 0.2) is 42.2 Å². The molecule has 4 heterocycles. The van der Waals surface area contributed by atoms with Crippen molar-refractivity contribution in [2.75, 3.05) is 49.1 Å². The summed E-state index contributed by atoms with van der Waals surface area (Å²) in [6.45, 7) is 8.22. The molecule has 0 spiro atoms. The second-order valence-electron chi connectivity index (χ2n) is 11.6. The second kappa shape index (κ2) is 10.0. The molecule has 2 saturated heterocycles. The molecular formula is C31H40GeN4O2+2. The van der Waals surface area contributed by atoms with Crippen molar-refractivity contribution in [3.05, 3.63) is 53.3 Å². The van der Waals surface area contributed by atoms with Crippen molar-refractivity contribution in [2.45, 2.75) is 50.5 Å². The van der Waals surface area contributed by atoms with E-state index in [2.05, 4.69) is 86.2 Å². The van der Waals surface area contributed by atoms with Gasteiger partial charge in [-0.25, -0.2) is 0 Å². The second-order valence-corrected chi connectivity index (χ2v) is 20.7. The molecule has 0 bridgehead atoms. The van der Waals surface area contributed by atoms with Gasteiger partial charge in [-0.05, 0) is 0 Å². The maximum absolute atomic E-state index is 11.6. The monoisotopic (exact) mass is 574 g/mol. The molecule has 4 aliphatic heterocycles. The molecule has 0 aromatic heterocycles. The Morgan fingerprint density at radius 3 is 1.84 bits per heavy atom. The fourth-order valence-electron chi connectivity index (χ4n) is 6.27. The number of rotatable bonds is 8. The van der Waals surface area contributed by atoms with Gasteiger partial charge in [-0.2, -0.15) is 0 Å². The van der Waals surface area contributed by atoms with Crippen LogP contribution in [0.3, 0.4) is 0 Å². The van der Waals surface area contributed by atoms with Crippen LogP contribution in [0.4, 0.5) is 11.4 Å². The molecule has 0 amide bonds. The Bertz CT molecular complexity index is 1310. The first kappa shape index (κ1) is 25.4. The summed E-state index contributed by atoms with van der Waals surface area (Å²) >= 11 is -2.65. The fraction of sp³-hybridized carbons (Fsp3) is 0.452. The number of hydrogen-bond donors (Lipinski definition) is 1. The van der Waals surface area contributed by atoms with Gasteiger partial charge in [0.25, 0.3) is 0 Å². The average Bonchev–Trinajstić information content (AvgIpc) is 3.22. The van der Waals surface area contributed by atoms with Gasteiger partial charge >= 0.3 is 229 Å². The molecule has 198 valence electrons. The van der Waals surface area contributed by atoms with Crippen LogP contribution in [0.2, 0.25) is 11.5 Å². The molecule has 6 nitrogen and oxygen atoms in total. The molecule has 6 rings (SSSR count). The number of benzene rings is 2. The number of carboxylic acid groups (broad SMARTS) is 1. The van der Waals surface area contributed by atoms with Crippen LogP contribution in [-0.4, -0.2) is 85.2 Å². The number of unbranched alkanes of at least 4 members (excludes halogenated alkanes) is 1. The number of anilines is 2. The van der Waals surface area contributed by atoms with Gasteiger partial charge in [0.2, 0.25) is 0 Å². The third kappa shape index (κ3) is 4.31. The quantitative estimate of drug-likeness (QED) is 0.389. The summed E-state index contributed by atoms with van der Waals surface area (Å²) < 4.78 is 7.65. The molecule has 38 heavy (non-hydrogen) atoms.